The molecule has 6 rings (SSSR count). The van der Waals surface area contributed by atoms with Gasteiger partial charge in [0, 0.05) is 22.9 Å². The number of likely N-dealkylation sites (tertiary alicyclic amines) is 1. The highest BCUT2D eigenvalue weighted by Gasteiger charge is 2.71. The summed E-state index contributed by atoms with van der Waals surface area (Å²) in [5.74, 6) is -2.56. The first-order valence-electron chi connectivity index (χ1n) is 13.1. The standard InChI is InChI=1S/C31H30FN3O3/c1-19(2)16-24-26-27(29(37)35(28(26)36)17-20-10-4-3-5-11-20)31(33-24)22-13-7-9-15-25(22)34(30(31)38)18-21-12-6-8-14-23(21)32/h3-15,19,24,26-27,33H,16-18H2,1-2H3/t24-,26-,27-,31-/m0/s1. The van der Waals surface area contributed by atoms with Crippen LogP contribution < -0.4 is 10.2 Å². The van der Waals surface area contributed by atoms with Crippen LogP contribution in [0.3, 0.4) is 0 Å². The van der Waals surface area contributed by atoms with E-state index < -0.39 is 23.2 Å². The lowest BCUT2D eigenvalue weighted by Crippen LogP contribution is -2.55. The van der Waals surface area contributed by atoms with Crippen LogP contribution in [0.25, 0.3) is 0 Å². The van der Waals surface area contributed by atoms with Crippen molar-refractivity contribution in [2.24, 2.45) is 17.8 Å². The van der Waals surface area contributed by atoms with Crippen molar-refractivity contribution in [3.63, 3.8) is 0 Å². The van der Waals surface area contributed by atoms with Gasteiger partial charge in [-0.25, -0.2) is 4.39 Å². The van der Waals surface area contributed by atoms with E-state index in [1.54, 1.807) is 23.1 Å². The number of para-hydroxylation sites is 1. The van der Waals surface area contributed by atoms with Crippen LogP contribution in [0.4, 0.5) is 10.1 Å². The molecule has 3 aliphatic heterocycles. The first kappa shape index (κ1) is 24.5. The second-order valence-corrected chi connectivity index (χ2v) is 10.9. The molecule has 0 unspecified atom stereocenters. The van der Waals surface area contributed by atoms with Crippen LogP contribution in [0.1, 0.15) is 37.0 Å². The zero-order valence-corrected chi connectivity index (χ0v) is 21.4. The predicted octanol–water partition coefficient (Wildman–Crippen LogP) is 4.39. The van der Waals surface area contributed by atoms with Gasteiger partial charge >= 0.3 is 0 Å². The van der Waals surface area contributed by atoms with Crippen molar-refractivity contribution in [3.05, 3.63) is 101 Å². The molecule has 2 fully saturated rings. The number of nitrogens with zero attached hydrogens (tertiary/aromatic N) is 2. The third kappa shape index (κ3) is 3.60. The highest BCUT2D eigenvalue weighted by Crippen LogP contribution is 2.55. The number of anilines is 1. The van der Waals surface area contributed by atoms with Gasteiger partial charge in [-0.05, 0) is 30.0 Å². The van der Waals surface area contributed by atoms with Crippen LogP contribution in [0.2, 0.25) is 0 Å². The summed E-state index contributed by atoms with van der Waals surface area (Å²) in [4.78, 5) is 45.3. The number of halogens is 1. The summed E-state index contributed by atoms with van der Waals surface area (Å²) in [5, 5.41) is 3.53. The number of amides is 3. The average Bonchev–Trinajstić information content (AvgIpc) is 3.45. The normalized spacial score (nSPS) is 26.1. The number of hydrogen-bond donors (Lipinski definition) is 1. The Morgan fingerprint density at radius 2 is 1.53 bits per heavy atom. The number of imide groups is 1. The van der Waals surface area contributed by atoms with Crippen molar-refractivity contribution in [3.8, 4) is 0 Å². The van der Waals surface area contributed by atoms with Gasteiger partial charge < -0.3 is 4.90 Å². The lowest BCUT2D eigenvalue weighted by atomic mass is 9.76. The van der Waals surface area contributed by atoms with Gasteiger partial charge in [0.25, 0.3) is 5.91 Å². The predicted molar refractivity (Wildman–Crippen MR) is 141 cm³/mol. The fourth-order valence-corrected chi connectivity index (χ4v) is 6.59. The molecule has 6 nitrogen and oxygen atoms in total. The minimum absolute atomic E-state index is 0.0358. The lowest BCUT2D eigenvalue weighted by Gasteiger charge is -2.31. The Bertz CT molecular complexity index is 1420. The fourth-order valence-electron chi connectivity index (χ4n) is 6.59. The molecule has 38 heavy (non-hydrogen) atoms. The first-order valence-corrected chi connectivity index (χ1v) is 13.1. The van der Waals surface area contributed by atoms with Crippen molar-refractivity contribution in [1.82, 2.24) is 10.2 Å². The molecule has 7 heteroatoms. The van der Waals surface area contributed by atoms with E-state index in [-0.39, 0.29) is 42.8 Å². The zero-order valence-electron chi connectivity index (χ0n) is 21.4. The van der Waals surface area contributed by atoms with Crippen molar-refractivity contribution in [2.45, 2.75) is 44.9 Å². The maximum atomic E-state index is 14.6. The summed E-state index contributed by atoms with van der Waals surface area (Å²) in [6.07, 6.45) is 0.643. The van der Waals surface area contributed by atoms with Crippen molar-refractivity contribution >= 4 is 23.4 Å². The number of benzene rings is 3. The molecule has 4 atom stereocenters. The SMILES string of the molecule is CC(C)C[C@@H]1N[C@]2(C(=O)N(Cc3ccccc3F)c3ccccc32)[C@@H]2C(=O)N(Cc3ccccc3)C(=O)[C@@H]12. The summed E-state index contributed by atoms with van der Waals surface area (Å²) < 4.78 is 14.6. The Labute approximate surface area is 221 Å². The minimum atomic E-state index is -1.38. The van der Waals surface area contributed by atoms with E-state index in [2.05, 4.69) is 19.2 Å². The van der Waals surface area contributed by atoms with Crippen molar-refractivity contribution in [2.75, 3.05) is 4.90 Å². The molecule has 0 bridgehead atoms. The molecule has 1 spiro atoms. The highest BCUT2D eigenvalue weighted by molar-refractivity contribution is 6.16. The molecule has 0 saturated carbocycles. The van der Waals surface area contributed by atoms with E-state index in [1.807, 2.05) is 54.6 Å². The topological polar surface area (TPSA) is 69.7 Å². The molecule has 3 heterocycles. The Hall–Kier alpha value is -3.84. The van der Waals surface area contributed by atoms with E-state index in [1.165, 1.54) is 11.0 Å². The zero-order chi connectivity index (χ0) is 26.6. The number of carbonyl (C=O) groups excluding carboxylic acids is 3. The first-order chi connectivity index (χ1) is 18.3. The average molecular weight is 512 g/mol. The minimum Gasteiger partial charge on any atom is -0.306 e. The molecule has 3 aromatic rings. The maximum absolute atomic E-state index is 14.6. The molecule has 0 radical (unpaired) electrons. The van der Waals surface area contributed by atoms with E-state index in [4.69, 9.17) is 0 Å². The number of fused-ring (bicyclic) bond motifs is 4. The molecule has 0 aliphatic carbocycles. The lowest BCUT2D eigenvalue weighted by molar-refractivity contribution is -0.143. The van der Waals surface area contributed by atoms with Crippen LogP contribution in [0, 0.1) is 23.6 Å². The van der Waals surface area contributed by atoms with Gasteiger partial charge in [-0.2, -0.15) is 0 Å². The van der Waals surface area contributed by atoms with Gasteiger partial charge in [-0.1, -0.05) is 80.6 Å². The summed E-state index contributed by atoms with van der Waals surface area (Å²) >= 11 is 0. The number of hydrogen-bond acceptors (Lipinski definition) is 4. The molecule has 3 aromatic carbocycles. The molecule has 3 aliphatic rings. The van der Waals surface area contributed by atoms with Crippen molar-refractivity contribution in [1.29, 1.82) is 0 Å². The molecule has 194 valence electrons. The Balaban J connectivity index is 1.45. The van der Waals surface area contributed by atoms with Crippen LogP contribution in [-0.2, 0) is 33.0 Å². The Morgan fingerprint density at radius 3 is 2.26 bits per heavy atom. The van der Waals surface area contributed by atoms with E-state index in [0.717, 1.165) is 5.56 Å². The molecule has 1 N–H and O–H groups in total. The quantitative estimate of drug-likeness (QED) is 0.499. The third-order valence-electron chi connectivity index (χ3n) is 8.15. The summed E-state index contributed by atoms with van der Waals surface area (Å²) in [6.45, 7) is 4.35. The molecular weight excluding hydrogens is 481 g/mol. The summed E-state index contributed by atoms with van der Waals surface area (Å²) in [7, 11) is 0. The fraction of sp³-hybridized carbons (Fsp3) is 0.323. The number of nitrogens with one attached hydrogen (secondary N) is 1. The van der Waals surface area contributed by atoms with Crippen LogP contribution in [0.5, 0.6) is 0 Å². The third-order valence-corrected chi connectivity index (χ3v) is 8.15. The number of carbonyl (C=O) groups is 3. The van der Waals surface area contributed by atoms with Crippen LogP contribution in [-0.4, -0.2) is 28.7 Å². The van der Waals surface area contributed by atoms with E-state index >= 15 is 0 Å². The van der Waals surface area contributed by atoms with Gasteiger partial charge in [0.2, 0.25) is 11.8 Å². The monoisotopic (exact) mass is 511 g/mol. The highest BCUT2D eigenvalue weighted by atomic mass is 19.1. The second kappa shape index (κ2) is 9.17. The van der Waals surface area contributed by atoms with Gasteiger partial charge in [0.1, 0.15) is 11.4 Å². The Morgan fingerprint density at radius 1 is 0.842 bits per heavy atom. The second-order valence-electron chi connectivity index (χ2n) is 10.9. The van der Waals surface area contributed by atoms with E-state index in [0.29, 0.717) is 23.2 Å². The Kier molecular flexibility index (Phi) is 5.91. The van der Waals surface area contributed by atoms with Crippen LogP contribution >= 0.6 is 0 Å². The largest absolute Gasteiger partial charge is 0.306 e. The molecule has 2 saturated heterocycles. The van der Waals surface area contributed by atoms with Gasteiger partial charge in [-0.15, -0.1) is 0 Å². The van der Waals surface area contributed by atoms with Gasteiger partial charge in [0.05, 0.1) is 24.9 Å². The smallest absolute Gasteiger partial charge is 0.253 e. The summed E-state index contributed by atoms with van der Waals surface area (Å²) in [5.41, 5.74) is 1.17. The molecule has 3 amide bonds. The van der Waals surface area contributed by atoms with Crippen molar-refractivity contribution < 1.29 is 18.8 Å². The maximum Gasteiger partial charge on any atom is 0.253 e. The van der Waals surface area contributed by atoms with Crippen LogP contribution in [0.15, 0.2) is 78.9 Å². The van der Waals surface area contributed by atoms with Gasteiger partial charge in [0.15, 0.2) is 0 Å². The summed E-state index contributed by atoms with van der Waals surface area (Å²) in [6, 6.07) is 22.8. The van der Waals surface area contributed by atoms with Gasteiger partial charge in [-0.3, -0.25) is 24.6 Å². The number of rotatable bonds is 6. The molecule has 0 aromatic heterocycles. The van der Waals surface area contributed by atoms with E-state index in [9.17, 15) is 18.8 Å². The molecular formula is C31H30FN3O3.